The highest BCUT2D eigenvalue weighted by atomic mass is 35.5. The minimum Gasteiger partial charge on any atom is -0.396 e. The number of hydrogen-bond donors (Lipinski definition) is 3. The van der Waals surface area contributed by atoms with Crippen LogP contribution in [0.3, 0.4) is 0 Å². The van der Waals surface area contributed by atoms with Gasteiger partial charge in [-0.15, -0.1) is 12.4 Å². The summed E-state index contributed by atoms with van der Waals surface area (Å²) in [6.45, 7) is 1.71. The number of halogens is 1. The Morgan fingerprint density at radius 1 is 1.47 bits per heavy atom. The SMILES string of the molecule is CNCCCC(=O)NCC1(CO)CC1.Cl. The zero-order valence-electron chi connectivity index (χ0n) is 9.21. The van der Waals surface area contributed by atoms with Crippen molar-refractivity contribution in [2.24, 2.45) is 5.41 Å². The van der Waals surface area contributed by atoms with E-state index in [1.54, 1.807) is 0 Å². The molecule has 1 aliphatic carbocycles. The van der Waals surface area contributed by atoms with E-state index in [1.807, 2.05) is 7.05 Å². The first-order chi connectivity index (χ1) is 6.72. The molecule has 1 saturated carbocycles. The van der Waals surface area contributed by atoms with E-state index in [0.29, 0.717) is 13.0 Å². The van der Waals surface area contributed by atoms with Gasteiger partial charge in [-0.2, -0.15) is 0 Å². The van der Waals surface area contributed by atoms with Gasteiger partial charge in [0.05, 0.1) is 6.61 Å². The molecule has 4 nitrogen and oxygen atoms in total. The van der Waals surface area contributed by atoms with Gasteiger partial charge in [-0.25, -0.2) is 0 Å². The van der Waals surface area contributed by atoms with Crippen molar-refractivity contribution < 1.29 is 9.90 Å². The van der Waals surface area contributed by atoms with E-state index in [9.17, 15) is 4.79 Å². The Labute approximate surface area is 97.2 Å². The largest absolute Gasteiger partial charge is 0.396 e. The lowest BCUT2D eigenvalue weighted by Gasteiger charge is -2.12. The van der Waals surface area contributed by atoms with Crippen LogP contribution in [0, 0.1) is 5.41 Å². The van der Waals surface area contributed by atoms with Crippen LogP contribution in [0.15, 0.2) is 0 Å². The molecule has 3 N–H and O–H groups in total. The molecule has 5 heteroatoms. The summed E-state index contributed by atoms with van der Waals surface area (Å²) >= 11 is 0. The fourth-order valence-corrected chi connectivity index (χ4v) is 1.37. The molecule has 90 valence electrons. The maximum atomic E-state index is 11.3. The summed E-state index contributed by atoms with van der Waals surface area (Å²) in [4.78, 5) is 11.3. The molecule has 1 aliphatic rings. The molecule has 0 unspecified atom stereocenters. The van der Waals surface area contributed by atoms with E-state index in [2.05, 4.69) is 10.6 Å². The molecule has 0 heterocycles. The molecular weight excluding hydrogens is 216 g/mol. The first-order valence-corrected chi connectivity index (χ1v) is 5.25. The summed E-state index contributed by atoms with van der Waals surface area (Å²) in [5.74, 6) is 0.0972. The highest BCUT2D eigenvalue weighted by Gasteiger charge is 2.41. The first-order valence-electron chi connectivity index (χ1n) is 5.25. The Morgan fingerprint density at radius 3 is 2.60 bits per heavy atom. The van der Waals surface area contributed by atoms with Gasteiger partial charge in [0, 0.05) is 18.4 Å². The molecule has 15 heavy (non-hydrogen) atoms. The fourth-order valence-electron chi connectivity index (χ4n) is 1.37. The normalized spacial score (nSPS) is 16.7. The van der Waals surface area contributed by atoms with Gasteiger partial charge in [0.1, 0.15) is 0 Å². The maximum absolute atomic E-state index is 11.3. The second-order valence-electron chi connectivity index (χ2n) is 4.14. The van der Waals surface area contributed by atoms with Crippen LogP contribution in [0.25, 0.3) is 0 Å². The van der Waals surface area contributed by atoms with Crippen LogP contribution in [0.1, 0.15) is 25.7 Å². The standard InChI is InChI=1S/C10H20N2O2.ClH/c1-11-6-2-3-9(14)12-7-10(8-13)4-5-10;/h11,13H,2-8H2,1H3,(H,12,14);1H. The van der Waals surface area contributed by atoms with Crippen LogP contribution in [0.2, 0.25) is 0 Å². The van der Waals surface area contributed by atoms with Crippen LogP contribution in [-0.4, -0.2) is 37.8 Å². The summed E-state index contributed by atoms with van der Waals surface area (Å²) in [5.41, 5.74) is 0.0265. The van der Waals surface area contributed by atoms with Gasteiger partial charge in [0.2, 0.25) is 5.91 Å². The Balaban J connectivity index is 0.00000196. The highest BCUT2D eigenvalue weighted by molar-refractivity contribution is 5.85. The minimum atomic E-state index is 0. The van der Waals surface area contributed by atoms with Crippen molar-refractivity contribution in [2.75, 3.05) is 26.7 Å². The predicted octanol–water partition coefficient (Wildman–Crippen LogP) is 0.296. The van der Waals surface area contributed by atoms with E-state index in [1.165, 1.54) is 0 Å². The molecule has 1 rings (SSSR count). The lowest BCUT2D eigenvalue weighted by molar-refractivity contribution is -0.121. The van der Waals surface area contributed by atoms with Gasteiger partial charge in [-0.3, -0.25) is 4.79 Å². The van der Waals surface area contributed by atoms with Crippen molar-refractivity contribution in [3.63, 3.8) is 0 Å². The monoisotopic (exact) mass is 236 g/mol. The van der Waals surface area contributed by atoms with Crippen molar-refractivity contribution in [3.05, 3.63) is 0 Å². The molecule has 0 spiro atoms. The first kappa shape index (κ1) is 14.7. The number of carbonyl (C=O) groups is 1. The Bertz CT molecular complexity index is 196. The topological polar surface area (TPSA) is 61.4 Å². The van der Waals surface area contributed by atoms with Gasteiger partial charge < -0.3 is 15.7 Å². The molecule has 0 aromatic carbocycles. The lowest BCUT2D eigenvalue weighted by atomic mass is 10.1. The molecule has 1 amide bonds. The summed E-state index contributed by atoms with van der Waals surface area (Å²) in [7, 11) is 1.88. The van der Waals surface area contributed by atoms with Crippen molar-refractivity contribution in [3.8, 4) is 0 Å². The van der Waals surface area contributed by atoms with Crippen LogP contribution in [-0.2, 0) is 4.79 Å². The van der Waals surface area contributed by atoms with E-state index < -0.39 is 0 Å². The van der Waals surface area contributed by atoms with Gasteiger partial charge in [0.25, 0.3) is 0 Å². The highest BCUT2D eigenvalue weighted by Crippen LogP contribution is 2.44. The molecule has 0 aromatic heterocycles. The molecule has 0 atom stereocenters. The van der Waals surface area contributed by atoms with Crippen molar-refractivity contribution >= 4 is 18.3 Å². The quantitative estimate of drug-likeness (QED) is 0.557. The fraction of sp³-hybridized carbons (Fsp3) is 0.900. The van der Waals surface area contributed by atoms with Gasteiger partial charge in [-0.1, -0.05) is 0 Å². The van der Waals surface area contributed by atoms with Gasteiger partial charge >= 0.3 is 0 Å². The molecule has 0 saturated heterocycles. The van der Waals surface area contributed by atoms with E-state index >= 15 is 0 Å². The molecule has 0 aromatic rings. The number of hydrogen-bond acceptors (Lipinski definition) is 3. The van der Waals surface area contributed by atoms with Gasteiger partial charge in [0.15, 0.2) is 0 Å². The summed E-state index contributed by atoms with van der Waals surface area (Å²) < 4.78 is 0. The molecule has 1 fully saturated rings. The predicted molar refractivity (Wildman–Crippen MR) is 62.2 cm³/mol. The number of amides is 1. The van der Waals surface area contributed by atoms with E-state index in [-0.39, 0.29) is 30.3 Å². The zero-order valence-corrected chi connectivity index (χ0v) is 10.0. The third kappa shape index (κ3) is 5.35. The molecular formula is C10H21ClN2O2. The number of nitrogens with one attached hydrogen (secondary N) is 2. The smallest absolute Gasteiger partial charge is 0.220 e. The van der Waals surface area contributed by atoms with Crippen LogP contribution in [0.4, 0.5) is 0 Å². The number of rotatable bonds is 7. The Morgan fingerprint density at radius 2 is 2.13 bits per heavy atom. The van der Waals surface area contributed by atoms with Gasteiger partial charge in [-0.05, 0) is 32.9 Å². The zero-order chi connectivity index (χ0) is 10.4. The van der Waals surface area contributed by atoms with Crippen molar-refractivity contribution in [1.29, 1.82) is 0 Å². The average Bonchev–Trinajstić information content (AvgIpc) is 2.96. The molecule has 0 radical (unpaired) electrons. The Kier molecular flexibility index (Phi) is 6.89. The van der Waals surface area contributed by atoms with Crippen LogP contribution < -0.4 is 10.6 Å². The summed E-state index contributed by atoms with van der Waals surface area (Å²) in [6, 6.07) is 0. The molecule has 0 bridgehead atoms. The van der Waals surface area contributed by atoms with Crippen LogP contribution >= 0.6 is 12.4 Å². The number of aliphatic hydroxyl groups is 1. The Hall–Kier alpha value is -0.320. The van der Waals surface area contributed by atoms with Crippen molar-refractivity contribution in [2.45, 2.75) is 25.7 Å². The third-order valence-corrected chi connectivity index (χ3v) is 2.78. The maximum Gasteiger partial charge on any atom is 0.220 e. The molecule has 0 aliphatic heterocycles. The summed E-state index contributed by atoms with van der Waals surface area (Å²) in [5, 5.41) is 14.9. The van der Waals surface area contributed by atoms with Crippen LogP contribution in [0.5, 0.6) is 0 Å². The van der Waals surface area contributed by atoms with Crippen molar-refractivity contribution in [1.82, 2.24) is 10.6 Å². The lowest BCUT2D eigenvalue weighted by Crippen LogP contribution is -2.32. The average molecular weight is 237 g/mol. The van der Waals surface area contributed by atoms with E-state index in [0.717, 1.165) is 25.8 Å². The second-order valence-corrected chi connectivity index (χ2v) is 4.14. The summed E-state index contributed by atoms with van der Waals surface area (Å²) in [6.07, 6.45) is 3.53. The minimum absolute atomic E-state index is 0. The number of aliphatic hydroxyl groups excluding tert-OH is 1. The third-order valence-electron chi connectivity index (χ3n) is 2.78. The number of carbonyl (C=O) groups excluding carboxylic acids is 1. The second kappa shape index (κ2) is 7.04. The van der Waals surface area contributed by atoms with E-state index in [4.69, 9.17) is 5.11 Å².